The highest BCUT2D eigenvalue weighted by molar-refractivity contribution is 5.25. The Morgan fingerprint density at radius 3 is 2.35 bits per heavy atom. The molecule has 1 spiro atoms. The Balaban J connectivity index is 1.67. The van der Waals surface area contributed by atoms with Gasteiger partial charge in [-0.05, 0) is 66.7 Å². The number of nitrogens with zero attached hydrogens (tertiary/aromatic N) is 1. The van der Waals surface area contributed by atoms with E-state index in [4.69, 9.17) is 0 Å². The van der Waals surface area contributed by atoms with Crippen LogP contribution in [0.5, 0.6) is 0 Å². The van der Waals surface area contributed by atoms with Crippen LogP contribution in [0.15, 0.2) is 0 Å². The topological polar surface area (TPSA) is 15.3 Å². The molecule has 0 aromatic carbocycles. The maximum atomic E-state index is 3.98. The fraction of sp³-hybridized carbons (Fsp3) is 1.00. The Kier molecular flexibility index (Phi) is 3.31. The Hall–Kier alpha value is -0.0800. The van der Waals surface area contributed by atoms with E-state index in [0.29, 0.717) is 16.5 Å². The zero-order chi connectivity index (χ0) is 14.8. The maximum absolute atomic E-state index is 3.98. The molecule has 2 heteroatoms. The van der Waals surface area contributed by atoms with Gasteiger partial charge in [-0.25, -0.2) is 0 Å². The highest BCUT2D eigenvalue weighted by atomic mass is 15.4. The van der Waals surface area contributed by atoms with E-state index in [9.17, 15) is 0 Å². The van der Waals surface area contributed by atoms with Crippen molar-refractivity contribution in [2.75, 3.05) is 0 Å². The molecule has 4 atom stereocenters. The maximum Gasteiger partial charge on any atom is 0.0190 e. The number of hydrogen-bond acceptors (Lipinski definition) is 2. The van der Waals surface area contributed by atoms with Gasteiger partial charge in [-0.2, -0.15) is 0 Å². The molecular weight excluding hydrogens is 244 g/mol. The lowest BCUT2D eigenvalue weighted by atomic mass is 9.52. The molecule has 0 aromatic rings. The van der Waals surface area contributed by atoms with Gasteiger partial charge in [0.25, 0.3) is 0 Å². The molecule has 1 aliphatic heterocycles. The van der Waals surface area contributed by atoms with Crippen LogP contribution in [-0.4, -0.2) is 34.1 Å². The van der Waals surface area contributed by atoms with E-state index in [-0.39, 0.29) is 0 Å². The Morgan fingerprint density at radius 1 is 1.15 bits per heavy atom. The fourth-order valence-electron chi connectivity index (χ4n) is 5.69. The van der Waals surface area contributed by atoms with E-state index in [1.54, 1.807) is 0 Å². The molecule has 3 aliphatic rings. The summed E-state index contributed by atoms with van der Waals surface area (Å²) in [6.07, 6.45) is 8.30. The van der Waals surface area contributed by atoms with Gasteiger partial charge in [0, 0.05) is 34.6 Å². The lowest BCUT2D eigenvalue weighted by Gasteiger charge is -2.72. The molecular formula is C18H34N2. The standard InChI is InChI=1S/C18H34N2/c1-7-9-17(5,6)19-13-11-15-18(12-13)10-8-14(18)20(15)16(2,3)4/h13-15,19H,7-12H2,1-6H3. The third-order valence-electron chi connectivity index (χ3n) is 6.26. The predicted molar refractivity (Wildman–Crippen MR) is 86.0 cm³/mol. The van der Waals surface area contributed by atoms with Crippen LogP contribution in [0, 0.1) is 5.41 Å². The lowest BCUT2D eigenvalue weighted by Crippen LogP contribution is -2.78. The Labute approximate surface area is 125 Å². The third-order valence-corrected chi connectivity index (χ3v) is 6.26. The van der Waals surface area contributed by atoms with Crippen molar-refractivity contribution in [3.63, 3.8) is 0 Å². The van der Waals surface area contributed by atoms with E-state index in [0.717, 1.165) is 18.1 Å². The van der Waals surface area contributed by atoms with Crippen molar-refractivity contribution >= 4 is 0 Å². The quantitative estimate of drug-likeness (QED) is 0.837. The van der Waals surface area contributed by atoms with Gasteiger partial charge in [-0.15, -0.1) is 0 Å². The molecule has 0 amide bonds. The van der Waals surface area contributed by atoms with Gasteiger partial charge < -0.3 is 5.32 Å². The van der Waals surface area contributed by atoms with Crippen molar-refractivity contribution in [3.05, 3.63) is 0 Å². The number of likely N-dealkylation sites (tertiary alicyclic amines) is 1. The summed E-state index contributed by atoms with van der Waals surface area (Å²) in [4.78, 5) is 2.84. The first kappa shape index (κ1) is 14.8. The molecule has 3 rings (SSSR count). The highest BCUT2D eigenvalue weighted by Crippen LogP contribution is 2.66. The van der Waals surface area contributed by atoms with Crippen LogP contribution in [0.1, 0.15) is 80.1 Å². The van der Waals surface area contributed by atoms with Crippen LogP contribution in [-0.2, 0) is 0 Å². The Morgan fingerprint density at radius 2 is 1.85 bits per heavy atom. The van der Waals surface area contributed by atoms with Crippen LogP contribution < -0.4 is 5.32 Å². The first-order valence-corrected chi connectivity index (χ1v) is 8.76. The molecule has 0 bridgehead atoms. The third kappa shape index (κ3) is 2.06. The highest BCUT2D eigenvalue weighted by Gasteiger charge is 2.70. The van der Waals surface area contributed by atoms with Crippen LogP contribution in [0.3, 0.4) is 0 Å². The number of rotatable bonds is 4. The van der Waals surface area contributed by atoms with E-state index in [1.807, 2.05) is 0 Å². The van der Waals surface area contributed by atoms with Gasteiger partial charge in [-0.3, -0.25) is 4.90 Å². The molecule has 1 saturated heterocycles. The zero-order valence-electron chi connectivity index (χ0n) is 14.4. The number of piperidine rings is 1. The monoisotopic (exact) mass is 278 g/mol. The SMILES string of the molecule is CCCC(C)(C)NC1CC2N(C(C)(C)C)C3CCC32C1. The minimum absolute atomic E-state index is 0.311. The van der Waals surface area contributed by atoms with Crippen LogP contribution in [0.2, 0.25) is 0 Å². The van der Waals surface area contributed by atoms with Crippen molar-refractivity contribution in [2.24, 2.45) is 5.41 Å². The van der Waals surface area contributed by atoms with E-state index >= 15 is 0 Å². The van der Waals surface area contributed by atoms with E-state index in [1.165, 1.54) is 38.5 Å². The summed E-state index contributed by atoms with van der Waals surface area (Å²) < 4.78 is 0. The van der Waals surface area contributed by atoms with E-state index in [2.05, 4.69) is 51.8 Å². The van der Waals surface area contributed by atoms with Gasteiger partial charge in [0.1, 0.15) is 0 Å². The summed E-state index contributed by atoms with van der Waals surface area (Å²) in [5, 5.41) is 3.98. The van der Waals surface area contributed by atoms with Gasteiger partial charge in [-0.1, -0.05) is 13.3 Å². The first-order valence-electron chi connectivity index (χ1n) is 8.76. The molecule has 2 saturated carbocycles. The average Bonchev–Trinajstić information content (AvgIpc) is 2.60. The first-order chi connectivity index (χ1) is 9.20. The molecule has 1 heterocycles. The number of nitrogens with one attached hydrogen (secondary N) is 1. The Bertz CT molecular complexity index is 381. The molecule has 0 aromatic heterocycles. The molecule has 4 unspecified atom stereocenters. The molecule has 1 N–H and O–H groups in total. The predicted octanol–water partition coefficient (Wildman–Crippen LogP) is 3.95. The van der Waals surface area contributed by atoms with Gasteiger partial charge >= 0.3 is 0 Å². The van der Waals surface area contributed by atoms with E-state index < -0.39 is 0 Å². The average molecular weight is 278 g/mol. The summed E-state index contributed by atoms with van der Waals surface area (Å²) in [5.74, 6) is 0. The number of hydrogen-bond donors (Lipinski definition) is 1. The molecule has 2 aliphatic carbocycles. The second kappa shape index (κ2) is 4.46. The second-order valence-corrected chi connectivity index (χ2v) is 9.30. The summed E-state index contributed by atoms with van der Waals surface area (Å²) in [6.45, 7) is 14.3. The van der Waals surface area contributed by atoms with Crippen LogP contribution >= 0.6 is 0 Å². The fourth-order valence-corrected chi connectivity index (χ4v) is 5.69. The van der Waals surface area contributed by atoms with Crippen molar-refractivity contribution < 1.29 is 0 Å². The second-order valence-electron chi connectivity index (χ2n) is 9.30. The molecule has 116 valence electrons. The molecule has 20 heavy (non-hydrogen) atoms. The summed E-state index contributed by atoms with van der Waals surface area (Å²) >= 11 is 0. The smallest absolute Gasteiger partial charge is 0.0190 e. The molecule has 0 radical (unpaired) electrons. The van der Waals surface area contributed by atoms with Crippen molar-refractivity contribution in [2.45, 2.75) is 109 Å². The summed E-state index contributed by atoms with van der Waals surface area (Å²) in [5.41, 5.74) is 1.37. The zero-order valence-corrected chi connectivity index (χ0v) is 14.4. The van der Waals surface area contributed by atoms with Crippen molar-refractivity contribution in [1.29, 1.82) is 0 Å². The van der Waals surface area contributed by atoms with Crippen LogP contribution in [0.25, 0.3) is 0 Å². The lowest BCUT2D eigenvalue weighted by molar-refractivity contribution is -0.224. The minimum Gasteiger partial charge on any atom is -0.309 e. The minimum atomic E-state index is 0.311. The summed E-state index contributed by atoms with van der Waals surface area (Å²) in [6, 6.07) is 2.50. The van der Waals surface area contributed by atoms with Crippen LogP contribution in [0.4, 0.5) is 0 Å². The van der Waals surface area contributed by atoms with Gasteiger partial charge in [0.2, 0.25) is 0 Å². The largest absolute Gasteiger partial charge is 0.309 e. The van der Waals surface area contributed by atoms with Gasteiger partial charge in [0.15, 0.2) is 0 Å². The normalized spacial score (nSPS) is 40.8. The summed E-state index contributed by atoms with van der Waals surface area (Å²) in [7, 11) is 0. The van der Waals surface area contributed by atoms with Crippen molar-refractivity contribution in [1.82, 2.24) is 10.2 Å². The molecule has 3 fully saturated rings. The molecule has 2 nitrogen and oxygen atoms in total. The van der Waals surface area contributed by atoms with Crippen molar-refractivity contribution in [3.8, 4) is 0 Å². The van der Waals surface area contributed by atoms with Gasteiger partial charge in [0.05, 0.1) is 0 Å².